The van der Waals surface area contributed by atoms with Gasteiger partial charge in [0.2, 0.25) is 0 Å². The van der Waals surface area contributed by atoms with E-state index in [1.165, 1.54) is 34.7 Å². The smallest absolute Gasteiger partial charge is 0.121 e. The van der Waals surface area contributed by atoms with Crippen LogP contribution >= 0.6 is 0 Å². The van der Waals surface area contributed by atoms with Gasteiger partial charge in [0.05, 0.1) is 13.7 Å². The van der Waals surface area contributed by atoms with Crippen molar-refractivity contribution in [3.63, 3.8) is 0 Å². The summed E-state index contributed by atoms with van der Waals surface area (Å²) >= 11 is 0. The van der Waals surface area contributed by atoms with Gasteiger partial charge in [0.15, 0.2) is 0 Å². The summed E-state index contributed by atoms with van der Waals surface area (Å²) in [6.07, 6.45) is 14.8. The molecule has 0 aliphatic heterocycles. The van der Waals surface area contributed by atoms with Gasteiger partial charge in [-0.05, 0) is 84.0 Å². The van der Waals surface area contributed by atoms with Gasteiger partial charge in [-0.25, -0.2) is 0 Å². The van der Waals surface area contributed by atoms with Gasteiger partial charge in [-0.1, -0.05) is 86.9 Å². The topological polar surface area (TPSA) is 51.8 Å². The van der Waals surface area contributed by atoms with Crippen molar-refractivity contribution in [1.82, 2.24) is 15.0 Å². The molecule has 2 aromatic carbocycles. The molecule has 7 rings (SSSR count). The Hall–Kier alpha value is -3.44. The molecule has 0 spiro atoms. The molecule has 0 fully saturated rings. The first-order valence-corrected chi connectivity index (χ1v) is 19.2. The van der Waals surface area contributed by atoms with E-state index in [4.69, 9.17) is 9.40 Å². The minimum Gasteiger partial charge on any atom is -0.500 e. The largest absolute Gasteiger partial charge is 0.500 e. The molecule has 4 heterocycles. The van der Waals surface area contributed by atoms with Crippen molar-refractivity contribution in [3.8, 4) is 22.5 Å². The molecule has 0 saturated heterocycles. The number of aryl methyl sites for hydroxylation is 1. The first kappa shape index (κ1) is 32.9. The molecule has 1 radical (unpaired) electrons. The number of benzene rings is 2. The summed E-state index contributed by atoms with van der Waals surface area (Å²) in [5, 5.41) is 3.61. The number of pyridine rings is 3. The number of aromatic nitrogens is 3. The van der Waals surface area contributed by atoms with Gasteiger partial charge in [0.1, 0.15) is 5.58 Å². The van der Waals surface area contributed by atoms with E-state index in [1.54, 1.807) is 0 Å². The second kappa shape index (κ2) is 13.5. The molecule has 4 aromatic heterocycles. The molecule has 0 saturated carbocycles. The van der Waals surface area contributed by atoms with Gasteiger partial charge in [-0.3, -0.25) is 0 Å². The monoisotopic (exact) mass is 788 g/mol. The van der Waals surface area contributed by atoms with Crippen molar-refractivity contribution >= 4 is 35.2 Å². The quantitative estimate of drug-likeness (QED) is 0.132. The second-order valence-corrected chi connectivity index (χ2v) is 19.1. The van der Waals surface area contributed by atoms with Gasteiger partial charge < -0.3 is 19.4 Å². The first-order chi connectivity index (χ1) is 21.1. The van der Waals surface area contributed by atoms with Gasteiger partial charge in [-0.2, -0.15) is 0 Å². The third-order valence-corrected chi connectivity index (χ3v) is 10.3. The van der Waals surface area contributed by atoms with Crippen molar-refractivity contribution < 1.29 is 24.5 Å². The van der Waals surface area contributed by atoms with Gasteiger partial charge in [0.25, 0.3) is 0 Å². The van der Waals surface area contributed by atoms with Crippen LogP contribution in [0, 0.1) is 17.7 Å². The summed E-state index contributed by atoms with van der Waals surface area (Å²) in [5.41, 5.74) is 10.2. The fourth-order valence-corrected chi connectivity index (χ4v) is 7.80. The number of furan rings is 1. The van der Waals surface area contributed by atoms with Crippen molar-refractivity contribution in [1.29, 1.82) is 0 Å². The zero-order valence-electron chi connectivity index (χ0n) is 27.1. The predicted molar refractivity (Wildman–Crippen MR) is 185 cm³/mol. The Balaban J connectivity index is 0.000000175. The summed E-state index contributed by atoms with van der Waals surface area (Å²) < 4.78 is 6.12. The number of hydrogen-bond acceptors (Lipinski definition) is 4. The molecule has 4 nitrogen and oxygen atoms in total. The van der Waals surface area contributed by atoms with Gasteiger partial charge >= 0.3 is 0 Å². The average molecular weight is 788 g/mol. The molecule has 233 valence electrons. The Morgan fingerprint density at radius 1 is 0.889 bits per heavy atom. The molecule has 6 heteroatoms. The van der Waals surface area contributed by atoms with E-state index < -0.39 is 8.07 Å². The summed E-state index contributed by atoms with van der Waals surface area (Å²) in [4.78, 5) is 13.7. The molecule has 0 unspecified atom stereocenters. The van der Waals surface area contributed by atoms with Crippen molar-refractivity contribution in [2.75, 3.05) is 0 Å². The fraction of sp³-hybridized carbons (Fsp3) is 0.308. The van der Waals surface area contributed by atoms with Crippen molar-refractivity contribution in [3.05, 3.63) is 108 Å². The van der Waals surface area contributed by atoms with E-state index in [1.807, 2.05) is 48.8 Å². The zero-order chi connectivity index (χ0) is 30.9. The molecule has 0 amide bonds. The molecule has 1 aliphatic rings. The Morgan fingerprint density at radius 2 is 1.67 bits per heavy atom. The van der Waals surface area contributed by atoms with Crippen LogP contribution in [0.3, 0.4) is 0 Å². The molecule has 6 aromatic rings. The SMILES string of the molecule is CC(C)(C)Cc1cc(-c2[c-]cccc2)ncc1[Si](C)(C)C.[Ir].[c-]1ncc2c(oc3ccccc32)c1-c1nccc2c1CCCC2. The number of rotatable bonds is 4. The fourth-order valence-electron chi connectivity index (χ4n) is 6.22. The molecule has 0 bridgehead atoms. The first-order valence-electron chi connectivity index (χ1n) is 15.7. The van der Waals surface area contributed by atoms with Crippen LogP contribution in [0.5, 0.6) is 0 Å². The van der Waals surface area contributed by atoms with E-state index >= 15 is 0 Å². The molecule has 0 atom stereocenters. The van der Waals surface area contributed by atoms with Crippen LogP contribution in [-0.2, 0) is 39.4 Å². The third-order valence-electron chi connectivity index (χ3n) is 8.25. The van der Waals surface area contributed by atoms with Crippen LogP contribution in [0.25, 0.3) is 44.5 Å². The molecule has 0 N–H and O–H groups in total. The van der Waals surface area contributed by atoms with E-state index in [9.17, 15) is 0 Å². The minimum absolute atomic E-state index is 0. The van der Waals surface area contributed by atoms with Gasteiger partial charge in [-0.15, -0.1) is 35.9 Å². The predicted octanol–water partition coefficient (Wildman–Crippen LogP) is 9.40. The standard InChI is InChI=1S/C20H15N2O.C19H26NSi.Ir/c1-2-6-14-13(5-1)9-10-22-19(14)17-12-21-11-16-15-7-3-4-8-18(15)23-20(16)17;1-19(2,3)13-16-12-17(15-10-8-7-9-11-15)20-14-18(16)21(4,5)6;/h3-4,7-11H,1-2,5-6H2;7-10,12,14H,13H2,1-6H3;/q2*-1;. The van der Waals surface area contributed by atoms with Crippen molar-refractivity contribution in [2.45, 2.75) is 72.5 Å². The second-order valence-electron chi connectivity index (χ2n) is 14.1. The number of fused-ring (bicyclic) bond motifs is 4. The minimum atomic E-state index is -1.37. The van der Waals surface area contributed by atoms with Crippen molar-refractivity contribution in [2.24, 2.45) is 5.41 Å². The molecular formula is C39H41IrN3OSi-2. The Morgan fingerprint density at radius 3 is 2.42 bits per heavy atom. The van der Waals surface area contributed by atoms with Crippen LogP contribution < -0.4 is 5.19 Å². The Kier molecular flexibility index (Phi) is 9.88. The third kappa shape index (κ3) is 7.35. The van der Waals surface area contributed by atoms with Crippen LogP contribution in [0.4, 0.5) is 0 Å². The zero-order valence-corrected chi connectivity index (χ0v) is 30.5. The van der Waals surface area contributed by atoms with Crippen LogP contribution in [0.15, 0.2) is 83.7 Å². The maximum absolute atomic E-state index is 6.12. The summed E-state index contributed by atoms with van der Waals surface area (Å²) in [6.45, 7) is 14.1. The van der Waals surface area contributed by atoms with Gasteiger partial charge in [0, 0.05) is 37.9 Å². The summed E-state index contributed by atoms with van der Waals surface area (Å²) in [6, 6.07) is 23.9. The van der Waals surface area contributed by atoms with E-state index in [2.05, 4.69) is 93.1 Å². The number of para-hydroxylation sites is 1. The van der Waals surface area contributed by atoms with Crippen LogP contribution in [0.2, 0.25) is 19.6 Å². The maximum Gasteiger partial charge on any atom is 0.121 e. The average Bonchev–Trinajstić information content (AvgIpc) is 3.39. The molecule has 45 heavy (non-hydrogen) atoms. The van der Waals surface area contributed by atoms with E-state index in [0.29, 0.717) is 0 Å². The maximum atomic E-state index is 6.12. The molecular weight excluding hydrogens is 747 g/mol. The normalized spacial score (nSPS) is 13.1. The number of nitrogens with zero attached hydrogens (tertiary/aromatic N) is 3. The summed E-state index contributed by atoms with van der Waals surface area (Å²) in [5.74, 6) is 0. The summed E-state index contributed by atoms with van der Waals surface area (Å²) in [7, 11) is -1.37. The van der Waals surface area contributed by atoms with E-state index in [-0.39, 0.29) is 25.5 Å². The Bertz CT molecular complexity index is 1920. The number of hydrogen-bond donors (Lipinski definition) is 0. The van der Waals surface area contributed by atoms with Crippen LogP contribution in [0.1, 0.15) is 50.3 Å². The van der Waals surface area contributed by atoms with E-state index in [0.717, 1.165) is 63.7 Å². The Labute approximate surface area is 282 Å². The van der Waals surface area contributed by atoms with Crippen LogP contribution in [-0.4, -0.2) is 23.0 Å². The molecule has 1 aliphatic carbocycles.